The molecular formula is C8H17NO3S. The van der Waals surface area contributed by atoms with E-state index in [1.165, 1.54) is 0 Å². The lowest BCUT2D eigenvalue weighted by Crippen LogP contribution is -2.44. The first-order chi connectivity index (χ1) is 5.97. The molecule has 0 aromatic carbocycles. The maximum absolute atomic E-state index is 11.2. The van der Waals surface area contributed by atoms with Crippen LogP contribution in [0.15, 0.2) is 0 Å². The lowest BCUT2D eigenvalue weighted by Gasteiger charge is -2.23. The van der Waals surface area contributed by atoms with Gasteiger partial charge < -0.3 is 10.4 Å². The van der Waals surface area contributed by atoms with E-state index >= 15 is 0 Å². The van der Waals surface area contributed by atoms with Crippen molar-refractivity contribution in [1.29, 1.82) is 0 Å². The fraction of sp³-hybridized carbons (Fsp3) is 1.00. The van der Waals surface area contributed by atoms with E-state index in [1.54, 1.807) is 0 Å². The molecular weight excluding hydrogens is 190 g/mol. The van der Waals surface area contributed by atoms with Crippen molar-refractivity contribution in [2.45, 2.75) is 25.3 Å². The number of sulfone groups is 1. The minimum atomic E-state index is -2.82. The SMILES string of the molecule is CC1(NCCCO)CCS(=O)(=O)C1. The molecule has 1 atom stereocenters. The molecule has 0 amide bonds. The van der Waals surface area contributed by atoms with Crippen LogP contribution in [0.2, 0.25) is 0 Å². The van der Waals surface area contributed by atoms with E-state index in [9.17, 15) is 8.42 Å². The second kappa shape index (κ2) is 3.94. The number of aliphatic hydroxyl groups excluding tert-OH is 1. The summed E-state index contributed by atoms with van der Waals surface area (Å²) in [6, 6.07) is 0. The molecule has 0 radical (unpaired) electrons. The summed E-state index contributed by atoms with van der Waals surface area (Å²) in [7, 11) is -2.82. The van der Waals surface area contributed by atoms with E-state index in [0.29, 0.717) is 19.4 Å². The third-order valence-corrected chi connectivity index (χ3v) is 4.29. The maximum atomic E-state index is 11.2. The van der Waals surface area contributed by atoms with Gasteiger partial charge in [-0.3, -0.25) is 0 Å². The summed E-state index contributed by atoms with van der Waals surface area (Å²) in [5, 5.41) is 11.7. The van der Waals surface area contributed by atoms with Crippen LogP contribution in [0.1, 0.15) is 19.8 Å². The van der Waals surface area contributed by atoms with Gasteiger partial charge in [0.25, 0.3) is 0 Å². The Bertz CT molecular complexity index is 263. The molecule has 0 aromatic rings. The zero-order chi connectivity index (χ0) is 9.95. The Morgan fingerprint density at radius 3 is 2.69 bits per heavy atom. The lowest BCUT2D eigenvalue weighted by molar-refractivity contribution is 0.276. The summed E-state index contributed by atoms with van der Waals surface area (Å²) in [6.07, 6.45) is 1.36. The minimum Gasteiger partial charge on any atom is -0.396 e. The molecule has 0 bridgehead atoms. The highest BCUT2D eigenvalue weighted by atomic mass is 32.2. The number of aliphatic hydroxyl groups is 1. The quantitative estimate of drug-likeness (QED) is 0.612. The molecule has 13 heavy (non-hydrogen) atoms. The van der Waals surface area contributed by atoms with E-state index < -0.39 is 9.84 Å². The molecule has 0 spiro atoms. The van der Waals surface area contributed by atoms with Gasteiger partial charge in [0.1, 0.15) is 0 Å². The molecule has 5 heteroatoms. The first kappa shape index (κ1) is 10.9. The van der Waals surface area contributed by atoms with Gasteiger partial charge in [0.15, 0.2) is 9.84 Å². The second-order valence-corrected chi connectivity index (χ2v) is 6.09. The molecule has 1 saturated heterocycles. The highest BCUT2D eigenvalue weighted by Gasteiger charge is 2.37. The Labute approximate surface area is 79.3 Å². The van der Waals surface area contributed by atoms with Crippen molar-refractivity contribution in [1.82, 2.24) is 5.32 Å². The van der Waals surface area contributed by atoms with Crippen LogP contribution in [0.4, 0.5) is 0 Å². The Morgan fingerprint density at radius 2 is 2.23 bits per heavy atom. The van der Waals surface area contributed by atoms with Gasteiger partial charge in [0.2, 0.25) is 0 Å². The molecule has 4 nitrogen and oxygen atoms in total. The zero-order valence-corrected chi connectivity index (χ0v) is 8.73. The smallest absolute Gasteiger partial charge is 0.152 e. The zero-order valence-electron chi connectivity index (χ0n) is 7.91. The minimum absolute atomic E-state index is 0.149. The predicted octanol–water partition coefficient (Wildman–Crippen LogP) is -0.464. The summed E-state index contributed by atoms with van der Waals surface area (Å²) < 4.78 is 22.4. The van der Waals surface area contributed by atoms with Crippen molar-refractivity contribution < 1.29 is 13.5 Å². The number of rotatable bonds is 4. The normalized spacial score (nSPS) is 32.2. The fourth-order valence-electron chi connectivity index (χ4n) is 1.62. The topological polar surface area (TPSA) is 66.4 Å². The van der Waals surface area contributed by atoms with Gasteiger partial charge >= 0.3 is 0 Å². The third-order valence-electron chi connectivity index (χ3n) is 2.39. The molecule has 2 N–H and O–H groups in total. The highest BCUT2D eigenvalue weighted by molar-refractivity contribution is 7.91. The molecule has 1 heterocycles. The fourth-order valence-corrected chi connectivity index (χ4v) is 3.74. The summed E-state index contributed by atoms with van der Waals surface area (Å²) in [6.45, 7) is 2.76. The van der Waals surface area contributed by atoms with Crippen LogP contribution < -0.4 is 5.32 Å². The van der Waals surface area contributed by atoms with Crippen LogP contribution in [0, 0.1) is 0 Å². The standard InChI is InChI=1S/C8H17NO3S/c1-8(9-4-2-5-10)3-6-13(11,12)7-8/h9-10H,2-7H2,1H3. The summed E-state index contributed by atoms with van der Waals surface area (Å²) in [4.78, 5) is 0. The first-order valence-electron chi connectivity index (χ1n) is 4.54. The molecule has 1 aliphatic rings. The highest BCUT2D eigenvalue weighted by Crippen LogP contribution is 2.22. The predicted molar refractivity (Wildman–Crippen MR) is 51.4 cm³/mol. The van der Waals surface area contributed by atoms with Gasteiger partial charge in [-0.1, -0.05) is 0 Å². The molecule has 1 fully saturated rings. The Kier molecular flexibility index (Phi) is 3.32. The third kappa shape index (κ3) is 3.25. The van der Waals surface area contributed by atoms with Gasteiger partial charge in [-0.05, 0) is 26.3 Å². The van der Waals surface area contributed by atoms with Gasteiger partial charge in [-0.25, -0.2) is 8.42 Å². The second-order valence-electron chi connectivity index (χ2n) is 3.91. The summed E-state index contributed by atoms with van der Waals surface area (Å²) in [5.74, 6) is 0.515. The maximum Gasteiger partial charge on any atom is 0.152 e. The average molecular weight is 207 g/mol. The molecule has 0 aliphatic carbocycles. The lowest BCUT2D eigenvalue weighted by atomic mass is 10.0. The molecule has 1 aliphatic heterocycles. The molecule has 78 valence electrons. The number of hydrogen-bond acceptors (Lipinski definition) is 4. The van der Waals surface area contributed by atoms with E-state index in [2.05, 4.69) is 5.32 Å². The van der Waals surface area contributed by atoms with E-state index in [-0.39, 0.29) is 23.7 Å². The van der Waals surface area contributed by atoms with Crippen molar-refractivity contribution in [3.63, 3.8) is 0 Å². The molecule has 1 rings (SSSR count). The van der Waals surface area contributed by atoms with E-state index in [0.717, 1.165) is 0 Å². The van der Waals surface area contributed by atoms with Crippen molar-refractivity contribution >= 4 is 9.84 Å². The Balaban J connectivity index is 2.41. The van der Waals surface area contributed by atoms with Crippen molar-refractivity contribution in [2.75, 3.05) is 24.7 Å². The van der Waals surface area contributed by atoms with E-state index in [1.807, 2.05) is 6.92 Å². The van der Waals surface area contributed by atoms with Crippen LogP contribution in [-0.2, 0) is 9.84 Å². The van der Waals surface area contributed by atoms with Crippen LogP contribution in [-0.4, -0.2) is 43.7 Å². The van der Waals surface area contributed by atoms with Crippen LogP contribution in [0.3, 0.4) is 0 Å². The Hall–Kier alpha value is -0.130. The summed E-state index contributed by atoms with van der Waals surface area (Å²) >= 11 is 0. The molecule has 0 saturated carbocycles. The molecule has 0 aromatic heterocycles. The van der Waals surface area contributed by atoms with E-state index in [4.69, 9.17) is 5.11 Å². The van der Waals surface area contributed by atoms with Crippen molar-refractivity contribution in [3.05, 3.63) is 0 Å². The molecule has 1 unspecified atom stereocenters. The van der Waals surface area contributed by atoms with Crippen LogP contribution >= 0.6 is 0 Å². The van der Waals surface area contributed by atoms with Crippen molar-refractivity contribution in [3.8, 4) is 0 Å². The number of hydrogen-bond donors (Lipinski definition) is 2. The number of nitrogens with one attached hydrogen (secondary N) is 1. The van der Waals surface area contributed by atoms with Gasteiger partial charge in [-0.2, -0.15) is 0 Å². The first-order valence-corrected chi connectivity index (χ1v) is 6.36. The van der Waals surface area contributed by atoms with Crippen LogP contribution in [0.5, 0.6) is 0 Å². The monoisotopic (exact) mass is 207 g/mol. The average Bonchev–Trinajstić information content (AvgIpc) is 2.27. The van der Waals surface area contributed by atoms with Crippen LogP contribution in [0.25, 0.3) is 0 Å². The van der Waals surface area contributed by atoms with Gasteiger partial charge in [-0.15, -0.1) is 0 Å². The van der Waals surface area contributed by atoms with Gasteiger partial charge in [0.05, 0.1) is 11.5 Å². The Morgan fingerprint density at radius 1 is 1.54 bits per heavy atom. The largest absolute Gasteiger partial charge is 0.396 e. The summed E-state index contributed by atoms with van der Waals surface area (Å²) in [5.41, 5.74) is -0.270. The van der Waals surface area contributed by atoms with Crippen molar-refractivity contribution in [2.24, 2.45) is 0 Å². The van der Waals surface area contributed by atoms with Gasteiger partial charge in [0, 0.05) is 12.1 Å².